The molecule has 0 fully saturated rings. The fraction of sp³-hybridized carbons (Fsp3) is 0.364. The van der Waals surface area contributed by atoms with Gasteiger partial charge in [-0.15, -0.1) is 0 Å². The van der Waals surface area contributed by atoms with Crippen LogP contribution in [-0.2, 0) is 27.8 Å². The van der Waals surface area contributed by atoms with Gasteiger partial charge in [-0.25, -0.2) is 0 Å². The van der Waals surface area contributed by atoms with E-state index < -0.39 is 26.7 Å². The standard InChI is InChI=1S/C22H28O8P2/c23-21(24)13-17-31(27,19-9-3-1-4-10-19)29-15-7-8-16-30-32(28,18-14-22(25)26)20-11-5-2-6-12-20/h1-6,9-12H,7-8,13-18H2,(H,23,24)(H,25,26). The van der Waals surface area contributed by atoms with Gasteiger partial charge in [0, 0.05) is 22.9 Å². The van der Waals surface area contributed by atoms with Gasteiger partial charge in [0.1, 0.15) is 0 Å². The first-order valence-corrected chi connectivity index (χ1v) is 13.9. The first-order chi connectivity index (χ1) is 15.3. The van der Waals surface area contributed by atoms with Crippen LogP contribution >= 0.6 is 14.7 Å². The molecule has 0 aliphatic rings. The molecule has 2 atom stereocenters. The Morgan fingerprint density at radius 2 is 1.00 bits per heavy atom. The molecule has 10 heteroatoms. The van der Waals surface area contributed by atoms with Crippen LogP contribution in [0, 0.1) is 0 Å². The molecule has 2 rings (SSSR count). The van der Waals surface area contributed by atoms with Gasteiger partial charge in [-0.3, -0.25) is 18.7 Å². The Morgan fingerprint density at radius 1 is 0.656 bits per heavy atom. The molecule has 0 bridgehead atoms. The molecule has 0 spiro atoms. The Kier molecular flexibility index (Phi) is 10.3. The number of hydrogen-bond donors (Lipinski definition) is 2. The molecule has 0 aliphatic carbocycles. The number of benzene rings is 2. The van der Waals surface area contributed by atoms with Crippen LogP contribution in [0.1, 0.15) is 25.7 Å². The van der Waals surface area contributed by atoms with Gasteiger partial charge >= 0.3 is 11.9 Å². The third-order valence-electron chi connectivity index (χ3n) is 4.68. The van der Waals surface area contributed by atoms with E-state index in [-0.39, 0.29) is 38.4 Å². The summed E-state index contributed by atoms with van der Waals surface area (Å²) in [5.41, 5.74) is 0. The highest BCUT2D eigenvalue weighted by Crippen LogP contribution is 2.47. The normalized spacial score (nSPS) is 14.9. The zero-order valence-corrected chi connectivity index (χ0v) is 19.5. The predicted molar refractivity (Wildman–Crippen MR) is 123 cm³/mol. The van der Waals surface area contributed by atoms with Crippen molar-refractivity contribution in [3.05, 3.63) is 60.7 Å². The Bertz CT molecular complexity index is 883. The van der Waals surface area contributed by atoms with Crippen molar-refractivity contribution in [2.45, 2.75) is 25.7 Å². The molecule has 8 nitrogen and oxygen atoms in total. The fourth-order valence-electron chi connectivity index (χ4n) is 2.96. The van der Waals surface area contributed by atoms with Crippen molar-refractivity contribution in [2.75, 3.05) is 25.5 Å². The smallest absolute Gasteiger partial charge is 0.303 e. The summed E-state index contributed by atoms with van der Waals surface area (Å²) in [6.07, 6.45) is 0.190. The lowest BCUT2D eigenvalue weighted by molar-refractivity contribution is -0.137. The molecule has 0 aliphatic heterocycles. The minimum absolute atomic E-state index is 0.0960. The molecule has 174 valence electrons. The maximum absolute atomic E-state index is 13.2. The van der Waals surface area contributed by atoms with Crippen LogP contribution in [0.2, 0.25) is 0 Å². The van der Waals surface area contributed by atoms with E-state index in [0.717, 1.165) is 0 Å². The lowest BCUT2D eigenvalue weighted by Gasteiger charge is -2.20. The van der Waals surface area contributed by atoms with E-state index in [1.807, 2.05) is 0 Å². The number of carboxylic acid groups (broad SMARTS) is 2. The molecule has 2 aromatic rings. The number of aliphatic carboxylic acids is 2. The number of carbonyl (C=O) groups is 2. The van der Waals surface area contributed by atoms with Gasteiger partial charge in [0.15, 0.2) is 0 Å². The lowest BCUT2D eigenvalue weighted by atomic mass is 10.3. The summed E-state index contributed by atoms with van der Waals surface area (Å²) < 4.78 is 37.8. The summed E-state index contributed by atoms with van der Waals surface area (Å²) in [7, 11) is -6.64. The SMILES string of the molecule is O=C(O)CCP(=O)(OCCCCOP(=O)(CCC(=O)O)c1ccccc1)c1ccccc1. The quantitative estimate of drug-likeness (QED) is 0.289. The maximum atomic E-state index is 13.2. The van der Waals surface area contributed by atoms with Crippen LogP contribution in [0.5, 0.6) is 0 Å². The van der Waals surface area contributed by atoms with Crippen LogP contribution in [0.15, 0.2) is 60.7 Å². The van der Waals surface area contributed by atoms with Crippen molar-refractivity contribution >= 4 is 37.3 Å². The molecule has 0 saturated carbocycles. The fourth-order valence-corrected chi connectivity index (χ4v) is 7.11. The second kappa shape index (κ2) is 12.7. The zero-order valence-electron chi connectivity index (χ0n) is 17.7. The summed E-state index contributed by atoms with van der Waals surface area (Å²) in [4.78, 5) is 21.9. The molecular weight excluding hydrogens is 454 g/mol. The first-order valence-electron chi connectivity index (χ1n) is 10.3. The van der Waals surface area contributed by atoms with Crippen molar-refractivity contribution in [3.63, 3.8) is 0 Å². The van der Waals surface area contributed by atoms with Crippen LogP contribution in [0.25, 0.3) is 0 Å². The molecule has 2 aromatic carbocycles. The van der Waals surface area contributed by atoms with Crippen molar-refractivity contribution in [1.82, 2.24) is 0 Å². The van der Waals surface area contributed by atoms with Crippen LogP contribution in [0.4, 0.5) is 0 Å². The minimum atomic E-state index is -3.32. The molecule has 2 unspecified atom stereocenters. The average molecular weight is 482 g/mol. The van der Waals surface area contributed by atoms with E-state index in [9.17, 15) is 18.7 Å². The molecule has 0 radical (unpaired) electrons. The Morgan fingerprint density at radius 3 is 1.31 bits per heavy atom. The molecule has 32 heavy (non-hydrogen) atoms. The number of rotatable bonds is 15. The topological polar surface area (TPSA) is 127 Å². The number of unbranched alkanes of at least 4 members (excludes halogenated alkanes) is 1. The molecular formula is C22H28O8P2. The Labute approximate surface area is 187 Å². The van der Waals surface area contributed by atoms with Gasteiger partial charge in [-0.1, -0.05) is 36.4 Å². The molecule has 2 N–H and O–H groups in total. The highest BCUT2D eigenvalue weighted by Gasteiger charge is 2.28. The first kappa shape index (κ1) is 26.0. The second-order valence-electron chi connectivity index (χ2n) is 7.13. The van der Waals surface area contributed by atoms with Gasteiger partial charge < -0.3 is 19.3 Å². The third-order valence-corrected chi connectivity index (χ3v) is 9.67. The van der Waals surface area contributed by atoms with Crippen molar-refractivity contribution < 1.29 is 38.0 Å². The van der Waals surface area contributed by atoms with Crippen molar-refractivity contribution in [3.8, 4) is 0 Å². The zero-order chi connectivity index (χ0) is 23.5. The molecule has 0 amide bonds. The summed E-state index contributed by atoms with van der Waals surface area (Å²) in [5.74, 6) is -2.09. The van der Waals surface area contributed by atoms with Crippen LogP contribution < -0.4 is 10.6 Å². The molecule has 0 saturated heterocycles. The largest absolute Gasteiger partial charge is 0.481 e. The average Bonchev–Trinajstić information content (AvgIpc) is 2.80. The predicted octanol–water partition coefficient (Wildman–Crippen LogP) is 3.96. The number of carboxylic acids is 2. The third kappa shape index (κ3) is 8.36. The van der Waals surface area contributed by atoms with E-state index in [1.165, 1.54) is 0 Å². The van der Waals surface area contributed by atoms with E-state index in [1.54, 1.807) is 60.7 Å². The molecule has 0 heterocycles. The van der Waals surface area contributed by atoms with Crippen LogP contribution in [0.3, 0.4) is 0 Å². The van der Waals surface area contributed by atoms with Crippen molar-refractivity contribution in [1.29, 1.82) is 0 Å². The van der Waals surface area contributed by atoms with Gasteiger partial charge in [-0.2, -0.15) is 0 Å². The summed E-state index contributed by atoms with van der Waals surface area (Å²) in [5, 5.41) is 18.9. The van der Waals surface area contributed by atoms with Gasteiger partial charge in [0.2, 0.25) is 14.7 Å². The monoisotopic (exact) mass is 482 g/mol. The van der Waals surface area contributed by atoms with Gasteiger partial charge in [-0.05, 0) is 37.1 Å². The summed E-state index contributed by atoms with van der Waals surface area (Å²) in [6.45, 7) is 0.250. The number of hydrogen-bond acceptors (Lipinski definition) is 6. The Balaban J connectivity index is 1.90. The van der Waals surface area contributed by atoms with E-state index in [4.69, 9.17) is 19.3 Å². The minimum Gasteiger partial charge on any atom is -0.481 e. The lowest BCUT2D eigenvalue weighted by Crippen LogP contribution is -2.14. The summed E-state index contributed by atoms with van der Waals surface area (Å²) in [6, 6.07) is 17.1. The van der Waals surface area contributed by atoms with E-state index >= 15 is 0 Å². The maximum Gasteiger partial charge on any atom is 0.303 e. The summed E-state index contributed by atoms with van der Waals surface area (Å²) >= 11 is 0. The van der Waals surface area contributed by atoms with E-state index in [2.05, 4.69) is 0 Å². The highest BCUT2D eigenvalue weighted by atomic mass is 31.2. The molecule has 0 aromatic heterocycles. The second-order valence-corrected chi connectivity index (χ2v) is 12.3. The van der Waals surface area contributed by atoms with Crippen LogP contribution in [-0.4, -0.2) is 47.7 Å². The van der Waals surface area contributed by atoms with Crippen molar-refractivity contribution in [2.24, 2.45) is 0 Å². The van der Waals surface area contributed by atoms with Gasteiger partial charge in [0.25, 0.3) is 0 Å². The highest BCUT2D eigenvalue weighted by molar-refractivity contribution is 7.67. The van der Waals surface area contributed by atoms with Gasteiger partial charge in [0.05, 0.1) is 26.1 Å². The Hall–Kier alpha value is -2.24. The van der Waals surface area contributed by atoms with E-state index in [0.29, 0.717) is 23.5 Å².